The molecular formula is C31H38FN5O4. The van der Waals surface area contributed by atoms with Crippen LogP contribution in [-0.2, 0) is 4.74 Å². The van der Waals surface area contributed by atoms with Gasteiger partial charge in [-0.25, -0.2) is 13.9 Å². The number of piperazine rings is 1. The van der Waals surface area contributed by atoms with Crippen molar-refractivity contribution in [3.05, 3.63) is 71.8 Å². The second-order valence-corrected chi connectivity index (χ2v) is 11.5. The Bertz CT molecular complexity index is 1370. The van der Waals surface area contributed by atoms with Crippen LogP contribution < -0.4 is 9.64 Å². The third-order valence-electron chi connectivity index (χ3n) is 7.63. The van der Waals surface area contributed by atoms with Gasteiger partial charge in [0.15, 0.2) is 0 Å². The SMILES string of the molecule is COc1ccccc1N1CCN(C(=O)c2cnn(-c3ccc(F)cc3)c2C2CCN(C(=O)OC(C)(C)C)CC2)CC1. The minimum absolute atomic E-state index is 0.00458. The quantitative estimate of drug-likeness (QED) is 0.430. The molecule has 2 saturated heterocycles. The van der Waals surface area contributed by atoms with E-state index in [0.717, 1.165) is 17.1 Å². The molecule has 218 valence electrons. The van der Waals surface area contributed by atoms with Gasteiger partial charge in [-0.1, -0.05) is 12.1 Å². The third kappa shape index (κ3) is 6.31. The first-order valence-electron chi connectivity index (χ1n) is 14.1. The first kappa shape index (κ1) is 28.4. The minimum atomic E-state index is -0.565. The standard InChI is InChI=1S/C31H38FN5O4/c1-31(2,3)41-30(39)36-15-13-22(14-16-36)28-25(21-33-37(28)24-11-9-23(32)10-12-24)29(38)35-19-17-34(18-20-35)26-7-5-6-8-27(26)40-4/h5-12,21-22H,13-20H2,1-4H3. The van der Waals surface area contributed by atoms with Crippen molar-refractivity contribution in [3.8, 4) is 11.4 Å². The zero-order valence-electron chi connectivity index (χ0n) is 24.2. The fourth-order valence-corrected chi connectivity index (χ4v) is 5.58. The van der Waals surface area contributed by atoms with Crippen LogP contribution in [0.5, 0.6) is 5.75 Å². The van der Waals surface area contributed by atoms with Crippen LogP contribution in [0.25, 0.3) is 5.69 Å². The predicted molar refractivity (Wildman–Crippen MR) is 154 cm³/mol. The van der Waals surface area contributed by atoms with Crippen molar-refractivity contribution in [2.24, 2.45) is 0 Å². The lowest BCUT2D eigenvalue weighted by atomic mass is 9.90. The minimum Gasteiger partial charge on any atom is -0.495 e. The Balaban J connectivity index is 1.36. The van der Waals surface area contributed by atoms with Crippen LogP contribution in [0.3, 0.4) is 0 Å². The molecule has 2 amide bonds. The largest absolute Gasteiger partial charge is 0.495 e. The number of amides is 2. The molecular weight excluding hydrogens is 525 g/mol. The molecule has 2 aromatic carbocycles. The highest BCUT2D eigenvalue weighted by atomic mass is 19.1. The smallest absolute Gasteiger partial charge is 0.410 e. The number of nitrogens with zero attached hydrogens (tertiary/aromatic N) is 5. The van der Waals surface area contributed by atoms with Gasteiger partial charge in [0.1, 0.15) is 17.2 Å². The average molecular weight is 564 g/mol. The molecule has 2 fully saturated rings. The number of ether oxygens (including phenoxy) is 2. The molecule has 0 N–H and O–H groups in total. The molecule has 3 aromatic rings. The van der Waals surface area contributed by atoms with E-state index in [9.17, 15) is 14.0 Å². The number of carbonyl (C=O) groups is 2. The van der Waals surface area contributed by atoms with Crippen LogP contribution in [-0.4, -0.2) is 83.6 Å². The number of para-hydroxylation sites is 2. The van der Waals surface area contributed by atoms with E-state index in [1.807, 2.05) is 49.9 Å². The molecule has 41 heavy (non-hydrogen) atoms. The zero-order valence-corrected chi connectivity index (χ0v) is 24.2. The molecule has 9 nitrogen and oxygen atoms in total. The van der Waals surface area contributed by atoms with Gasteiger partial charge < -0.3 is 24.2 Å². The van der Waals surface area contributed by atoms with Crippen molar-refractivity contribution in [3.63, 3.8) is 0 Å². The van der Waals surface area contributed by atoms with E-state index in [-0.39, 0.29) is 23.7 Å². The second-order valence-electron chi connectivity index (χ2n) is 11.5. The Morgan fingerprint density at radius 3 is 2.20 bits per heavy atom. The number of hydrogen-bond donors (Lipinski definition) is 0. The summed E-state index contributed by atoms with van der Waals surface area (Å²) in [6, 6.07) is 14.0. The van der Waals surface area contributed by atoms with Crippen molar-refractivity contribution in [2.75, 3.05) is 51.3 Å². The molecule has 0 saturated carbocycles. The summed E-state index contributed by atoms with van der Waals surface area (Å²) in [7, 11) is 1.66. The number of benzene rings is 2. The molecule has 2 aliphatic heterocycles. The van der Waals surface area contributed by atoms with Crippen LogP contribution in [0.15, 0.2) is 54.7 Å². The number of piperidine rings is 1. The maximum absolute atomic E-state index is 13.9. The summed E-state index contributed by atoms with van der Waals surface area (Å²) in [5.41, 5.74) is 2.50. The normalized spacial score (nSPS) is 16.6. The topological polar surface area (TPSA) is 80.1 Å². The Morgan fingerprint density at radius 1 is 0.902 bits per heavy atom. The lowest BCUT2D eigenvalue weighted by Gasteiger charge is -2.37. The van der Waals surface area contributed by atoms with Crippen LogP contribution in [0, 0.1) is 5.82 Å². The Hall–Kier alpha value is -4.08. The van der Waals surface area contributed by atoms with Gasteiger partial charge in [0.2, 0.25) is 0 Å². The molecule has 0 radical (unpaired) electrons. The first-order chi connectivity index (χ1) is 19.6. The molecule has 0 bridgehead atoms. The highest BCUT2D eigenvalue weighted by Gasteiger charge is 2.34. The number of hydrogen-bond acceptors (Lipinski definition) is 6. The highest BCUT2D eigenvalue weighted by molar-refractivity contribution is 5.95. The second kappa shape index (κ2) is 11.8. The Labute approximate surface area is 240 Å². The summed E-state index contributed by atoms with van der Waals surface area (Å²) < 4.78 is 26.6. The van der Waals surface area contributed by atoms with Crippen molar-refractivity contribution >= 4 is 17.7 Å². The van der Waals surface area contributed by atoms with Crippen molar-refractivity contribution in [2.45, 2.75) is 45.1 Å². The first-order valence-corrected chi connectivity index (χ1v) is 14.1. The number of rotatable bonds is 5. The maximum Gasteiger partial charge on any atom is 0.410 e. The van der Waals surface area contributed by atoms with Crippen molar-refractivity contribution in [1.82, 2.24) is 19.6 Å². The van der Waals surface area contributed by atoms with Gasteiger partial charge in [0, 0.05) is 45.2 Å². The summed E-state index contributed by atoms with van der Waals surface area (Å²) in [5, 5.41) is 4.61. The number of carbonyl (C=O) groups excluding carboxylic acids is 2. The van der Waals surface area contributed by atoms with Gasteiger partial charge in [-0.3, -0.25) is 4.79 Å². The van der Waals surface area contributed by atoms with Crippen LogP contribution >= 0.6 is 0 Å². The van der Waals surface area contributed by atoms with Crippen molar-refractivity contribution < 1.29 is 23.5 Å². The number of methoxy groups -OCH3 is 1. The summed E-state index contributed by atoms with van der Waals surface area (Å²) in [5.74, 6) is 0.405. The van der Waals surface area contributed by atoms with Gasteiger partial charge in [-0.2, -0.15) is 5.10 Å². The van der Waals surface area contributed by atoms with Gasteiger partial charge >= 0.3 is 6.09 Å². The lowest BCUT2D eigenvalue weighted by molar-refractivity contribution is 0.0203. The van der Waals surface area contributed by atoms with E-state index in [4.69, 9.17) is 9.47 Å². The third-order valence-corrected chi connectivity index (χ3v) is 7.63. The summed E-state index contributed by atoms with van der Waals surface area (Å²) in [4.78, 5) is 32.4. The van der Waals surface area contributed by atoms with E-state index in [2.05, 4.69) is 10.00 Å². The van der Waals surface area contributed by atoms with E-state index in [0.29, 0.717) is 63.4 Å². The number of anilines is 1. The van der Waals surface area contributed by atoms with Crippen molar-refractivity contribution in [1.29, 1.82) is 0 Å². The average Bonchev–Trinajstić information content (AvgIpc) is 3.41. The fourth-order valence-electron chi connectivity index (χ4n) is 5.58. The molecule has 10 heteroatoms. The van der Waals surface area contributed by atoms with E-state index < -0.39 is 5.60 Å². The Morgan fingerprint density at radius 2 is 1.56 bits per heavy atom. The molecule has 1 aromatic heterocycles. The predicted octanol–water partition coefficient (Wildman–Crippen LogP) is 5.10. The van der Waals surface area contributed by atoms with Crippen LogP contribution in [0.4, 0.5) is 14.9 Å². The molecule has 0 atom stereocenters. The number of likely N-dealkylation sites (tertiary alicyclic amines) is 1. The zero-order chi connectivity index (χ0) is 29.1. The van der Waals surface area contributed by atoms with E-state index in [1.165, 1.54) is 12.1 Å². The fraction of sp³-hybridized carbons (Fsp3) is 0.452. The van der Waals surface area contributed by atoms with E-state index >= 15 is 0 Å². The molecule has 0 aliphatic carbocycles. The molecule has 0 unspecified atom stereocenters. The summed E-state index contributed by atoms with van der Waals surface area (Å²) >= 11 is 0. The monoisotopic (exact) mass is 563 g/mol. The lowest BCUT2D eigenvalue weighted by Crippen LogP contribution is -2.49. The van der Waals surface area contributed by atoms with Gasteiger partial charge in [-0.05, 0) is 70.0 Å². The van der Waals surface area contributed by atoms with Crippen LogP contribution in [0.1, 0.15) is 55.6 Å². The van der Waals surface area contributed by atoms with Crippen LogP contribution in [0.2, 0.25) is 0 Å². The number of halogens is 1. The molecule has 2 aliphatic rings. The summed E-state index contributed by atoms with van der Waals surface area (Å²) in [6.07, 6.45) is 2.63. The maximum atomic E-state index is 13.9. The number of aromatic nitrogens is 2. The van der Waals surface area contributed by atoms with Gasteiger partial charge in [0.05, 0.1) is 35.9 Å². The van der Waals surface area contributed by atoms with Gasteiger partial charge in [-0.15, -0.1) is 0 Å². The van der Waals surface area contributed by atoms with Gasteiger partial charge in [0.25, 0.3) is 5.91 Å². The summed E-state index contributed by atoms with van der Waals surface area (Å²) in [6.45, 7) is 9.08. The molecule has 5 rings (SSSR count). The Kier molecular flexibility index (Phi) is 8.19. The highest BCUT2D eigenvalue weighted by Crippen LogP contribution is 2.34. The molecule has 3 heterocycles. The van der Waals surface area contributed by atoms with E-state index in [1.54, 1.807) is 35.0 Å². The molecule has 0 spiro atoms.